The van der Waals surface area contributed by atoms with Gasteiger partial charge in [-0.2, -0.15) is 10.4 Å². The molecule has 112 valence electrons. The van der Waals surface area contributed by atoms with Crippen molar-refractivity contribution in [3.8, 4) is 11.8 Å². The van der Waals surface area contributed by atoms with Gasteiger partial charge in [0.2, 0.25) is 0 Å². The lowest BCUT2D eigenvalue weighted by Crippen LogP contribution is -2.35. The van der Waals surface area contributed by atoms with E-state index in [1.807, 2.05) is 6.07 Å². The van der Waals surface area contributed by atoms with Gasteiger partial charge in [0.25, 0.3) is 0 Å². The number of hydrogen-bond donors (Lipinski definition) is 3. The highest BCUT2D eigenvalue weighted by molar-refractivity contribution is 6.39. The van der Waals surface area contributed by atoms with Crippen LogP contribution in [0.3, 0.4) is 0 Å². The maximum Gasteiger partial charge on any atom is 0.314 e. The van der Waals surface area contributed by atoms with Crippen LogP contribution >= 0.6 is 0 Å². The summed E-state index contributed by atoms with van der Waals surface area (Å²) in [5, 5.41) is 19.6. The molecule has 3 N–H and O–H groups in total. The Morgan fingerprint density at radius 1 is 1.36 bits per heavy atom. The second kappa shape index (κ2) is 6.90. The number of para-hydroxylation sites is 1. The molecule has 0 saturated heterocycles. The number of nitriles is 1. The molecule has 0 fully saturated rings. The fourth-order valence-electron chi connectivity index (χ4n) is 1.74. The third kappa shape index (κ3) is 3.40. The summed E-state index contributed by atoms with van der Waals surface area (Å²) in [6, 6.07) is 8.97. The Morgan fingerprint density at radius 3 is 2.86 bits per heavy atom. The maximum absolute atomic E-state index is 11.8. The van der Waals surface area contributed by atoms with Gasteiger partial charge in [-0.05, 0) is 6.07 Å². The minimum Gasteiger partial charge on any atom is -0.496 e. The number of nitrogens with one attached hydrogen (secondary N) is 3. The maximum atomic E-state index is 11.8. The van der Waals surface area contributed by atoms with E-state index in [2.05, 4.69) is 20.8 Å². The molecule has 0 aliphatic heterocycles. The van der Waals surface area contributed by atoms with Crippen molar-refractivity contribution in [1.29, 1.82) is 5.26 Å². The van der Waals surface area contributed by atoms with Crippen molar-refractivity contribution < 1.29 is 14.3 Å². The third-order valence-electron chi connectivity index (χ3n) is 2.84. The van der Waals surface area contributed by atoms with Crippen LogP contribution in [-0.4, -0.2) is 29.1 Å². The molecule has 0 saturated carbocycles. The number of amides is 2. The standard InChI is InChI=1S/C14H13N5O3/c1-22-11-5-3-2-4-9(11)7-16-13(20)14(21)18-12-10(6-15)8-17-19-12/h2-5,8H,7H2,1H3,(H,16,20)(H2,17,18,19,21). The van der Waals surface area contributed by atoms with Crippen LogP contribution < -0.4 is 15.4 Å². The lowest BCUT2D eigenvalue weighted by molar-refractivity contribution is -0.136. The van der Waals surface area contributed by atoms with E-state index in [1.165, 1.54) is 13.3 Å². The Bertz CT molecular complexity index is 732. The van der Waals surface area contributed by atoms with Gasteiger partial charge < -0.3 is 15.4 Å². The highest BCUT2D eigenvalue weighted by atomic mass is 16.5. The summed E-state index contributed by atoms with van der Waals surface area (Å²) in [6.07, 6.45) is 1.25. The van der Waals surface area contributed by atoms with E-state index in [0.717, 1.165) is 5.56 Å². The van der Waals surface area contributed by atoms with Crippen LogP contribution in [-0.2, 0) is 16.1 Å². The van der Waals surface area contributed by atoms with E-state index in [0.29, 0.717) is 5.75 Å². The van der Waals surface area contributed by atoms with Gasteiger partial charge in [0, 0.05) is 12.1 Å². The zero-order valence-corrected chi connectivity index (χ0v) is 11.7. The van der Waals surface area contributed by atoms with Crippen LogP contribution in [0.1, 0.15) is 11.1 Å². The Morgan fingerprint density at radius 2 is 2.14 bits per heavy atom. The van der Waals surface area contributed by atoms with E-state index < -0.39 is 11.8 Å². The first-order valence-corrected chi connectivity index (χ1v) is 6.30. The molecule has 8 nitrogen and oxygen atoms in total. The predicted molar refractivity (Wildman–Crippen MR) is 76.8 cm³/mol. The smallest absolute Gasteiger partial charge is 0.314 e. The molecular weight excluding hydrogens is 286 g/mol. The first-order valence-electron chi connectivity index (χ1n) is 6.30. The first-order chi connectivity index (χ1) is 10.7. The van der Waals surface area contributed by atoms with Crippen LogP contribution in [0.5, 0.6) is 5.75 Å². The zero-order valence-electron chi connectivity index (χ0n) is 11.7. The van der Waals surface area contributed by atoms with Gasteiger partial charge >= 0.3 is 11.8 Å². The predicted octanol–water partition coefficient (Wildman–Crippen LogP) is 0.545. The average molecular weight is 299 g/mol. The van der Waals surface area contributed by atoms with Crippen LogP contribution in [0.15, 0.2) is 30.5 Å². The highest BCUT2D eigenvalue weighted by Gasteiger charge is 2.16. The van der Waals surface area contributed by atoms with Gasteiger partial charge in [-0.25, -0.2) is 0 Å². The number of carbonyl (C=O) groups excluding carboxylic acids is 2. The van der Waals surface area contributed by atoms with E-state index in [4.69, 9.17) is 10.00 Å². The second-order valence-corrected chi connectivity index (χ2v) is 4.22. The molecule has 1 aromatic carbocycles. The quantitative estimate of drug-likeness (QED) is 0.712. The van der Waals surface area contributed by atoms with Crippen molar-refractivity contribution in [1.82, 2.24) is 15.5 Å². The first kappa shape index (κ1) is 15.1. The zero-order chi connectivity index (χ0) is 15.9. The normalized spacial score (nSPS) is 9.64. The summed E-state index contributed by atoms with van der Waals surface area (Å²) < 4.78 is 5.15. The lowest BCUT2D eigenvalue weighted by atomic mass is 10.2. The Labute approximate surface area is 126 Å². The molecule has 2 amide bonds. The Balaban J connectivity index is 1.95. The molecule has 2 rings (SSSR count). The van der Waals surface area contributed by atoms with Crippen LogP contribution in [0.4, 0.5) is 5.82 Å². The summed E-state index contributed by atoms with van der Waals surface area (Å²) in [5.74, 6) is -1.02. The van der Waals surface area contributed by atoms with Crippen molar-refractivity contribution in [3.05, 3.63) is 41.6 Å². The molecule has 2 aromatic rings. The molecule has 1 aromatic heterocycles. The molecular formula is C14H13N5O3. The van der Waals surface area contributed by atoms with E-state index in [1.54, 1.807) is 24.3 Å². The summed E-state index contributed by atoms with van der Waals surface area (Å²) in [6.45, 7) is 0.143. The fourth-order valence-corrected chi connectivity index (χ4v) is 1.74. The number of aromatic nitrogens is 2. The van der Waals surface area contributed by atoms with Gasteiger partial charge in [0.1, 0.15) is 23.2 Å². The molecule has 0 aliphatic carbocycles. The van der Waals surface area contributed by atoms with Crippen LogP contribution in [0, 0.1) is 11.3 Å². The Hall–Kier alpha value is -3.34. The summed E-state index contributed by atoms with van der Waals surface area (Å²) in [7, 11) is 1.52. The number of H-pyrrole nitrogens is 1. The second-order valence-electron chi connectivity index (χ2n) is 4.22. The monoisotopic (exact) mass is 299 g/mol. The number of ether oxygens (including phenoxy) is 1. The van der Waals surface area contributed by atoms with E-state index in [9.17, 15) is 9.59 Å². The van der Waals surface area contributed by atoms with Crippen molar-refractivity contribution in [2.75, 3.05) is 12.4 Å². The molecule has 0 aliphatic rings. The fraction of sp³-hybridized carbons (Fsp3) is 0.143. The number of anilines is 1. The molecule has 0 atom stereocenters. The number of carbonyl (C=O) groups is 2. The Kier molecular flexibility index (Phi) is 4.72. The summed E-state index contributed by atoms with van der Waals surface area (Å²) in [5.41, 5.74) is 0.885. The van der Waals surface area contributed by atoms with Gasteiger partial charge in [0.15, 0.2) is 0 Å². The van der Waals surface area contributed by atoms with Crippen molar-refractivity contribution in [3.63, 3.8) is 0 Å². The number of nitrogens with zero attached hydrogens (tertiary/aromatic N) is 2. The van der Waals surface area contributed by atoms with Crippen molar-refractivity contribution >= 4 is 17.6 Å². The number of methoxy groups -OCH3 is 1. The minimum atomic E-state index is -0.893. The van der Waals surface area contributed by atoms with E-state index in [-0.39, 0.29) is 17.9 Å². The van der Waals surface area contributed by atoms with Gasteiger partial charge in [0.05, 0.1) is 13.3 Å². The summed E-state index contributed by atoms with van der Waals surface area (Å²) in [4.78, 5) is 23.5. The SMILES string of the molecule is COc1ccccc1CNC(=O)C(=O)Nc1[nH]ncc1C#N. The molecule has 0 spiro atoms. The number of hydrogen-bond acceptors (Lipinski definition) is 5. The lowest BCUT2D eigenvalue weighted by Gasteiger charge is -2.09. The van der Waals surface area contributed by atoms with E-state index >= 15 is 0 Å². The van der Waals surface area contributed by atoms with Gasteiger partial charge in [-0.15, -0.1) is 0 Å². The molecule has 1 heterocycles. The van der Waals surface area contributed by atoms with Crippen molar-refractivity contribution in [2.24, 2.45) is 0 Å². The van der Waals surface area contributed by atoms with Gasteiger partial charge in [-0.3, -0.25) is 14.7 Å². The molecule has 0 bridgehead atoms. The van der Waals surface area contributed by atoms with Crippen LogP contribution in [0.2, 0.25) is 0 Å². The van der Waals surface area contributed by atoms with Gasteiger partial charge in [-0.1, -0.05) is 18.2 Å². The van der Waals surface area contributed by atoms with Crippen LogP contribution in [0.25, 0.3) is 0 Å². The largest absolute Gasteiger partial charge is 0.496 e. The molecule has 22 heavy (non-hydrogen) atoms. The minimum absolute atomic E-state index is 0.0833. The molecule has 0 unspecified atom stereocenters. The summed E-state index contributed by atoms with van der Waals surface area (Å²) >= 11 is 0. The highest BCUT2D eigenvalue weighted by Crippen LogP contribution is 2.16. The topological polar surface area (TPSA) is 120 Å². The number of benzene rings is 1. The molecule has 0 radical (unpaired) electrons. The number of aromatic amines is 1. The number of rotatable bonds is 4. The average Bonchev–Trinajstić information content (AvgIpc) is 2.99. The van der Waals surface area contributed by atoms with Crippen molar-refractivity contribution in [2.45, 2.75) is 6.54 Å². The third-order valence-corrected chi connectivity index (χ3v) is 2.84. The molecule has 8 heteroatoms.